The molecular formula is C22H21N2P. The second-order valence-electron chi connectivity index (χ2n) is 6.48. The number of imidazole rings is 1. The van der Waals surface area contributed by atoms with Crippen LogP contribution in [0.2, 0.25) is 0 Å². The van der Waals surface area contributed by atoms with E-state index in [1.54, 1.807) is 0 Å². The van der Waals surface area contributed by atoms with Gasteiger partial charge in [-0.1, -0.05) is 0 Å². The summed E-state index contributed by atoms with van der Waals surface area (Å²) in [5.74, 6) is 0. The molecule has 2 nitrogen and oxygen atoms in total. The van der Waals surface area contributed by atoms with Crippen LogP contribution >= 0.6 is 6.60 Å². The Hall–Kier alpha value is -2.70. The molecule has 0 radical (unpaired) electrons. The van der Waals surface area contributed by atoms with Crippen LogP contribution in [0, 0.1) is 0 Å². The summed E-state index contributed by atoms with van der Waals surface area (Å²) in [6, 6.07) is 32.4. The van der Waals surface area contributed by atoms with Crippen molar-refractivity contribution in [2.75, 3.05) is 6.66 Å². The summed E-state index contributed by atoms with van der Waals surface area (Å²) in [7, 11) is 0. The Labute approximate surface area is 148 Å². The molecule has 1 aromatic heterocycles. The Morgan fingerprint density at radius 2 is 1.04 bits per heavy atom. The fourth-order valence-corrected chi connectivity index (χ4v) is 8.91. The van der Waals surface area contributed by atoms with Crippen molar-refractivity contribution < 1.29 is 0 Å². The van der Waals surface area contributed by atoms with Crippen molar-refractivity contribution in [1.82, 2.24) is 9.97 Å². The van der Waals surface area contributed by atoms with E-state index in [1.807, 2.05) is 12.4 Å². The number of hydrogen-bond donors (Lipinski definition) is 1. The Kier molecular flexibility index (Phi) is 3.78. The Bertz CT molecular complexity index is 849. The van der Waals surface area contributed by atoms with Crippen LogP contribution < -0.4 is 21.5 Å². The molecule has 0 aliphatic rings. The summed E-state index contributed by atoms with van der Waals surface area (Å²) in [6.45, 7) is -0.535. The van der Waals surface area contributed by atoms with Gasteiger partial charge in [0.05, 0.1) is 0 Å². The molecule has 0 fully saturated rings. The maximum atomic E-state index is 4.79. The average molecular weight is 344 g/mol. The number of nitrogens with one attached hydrogen (secondary N) is 1. The maximum absolute atomic E-state index is 4.79. The third kappa shape index (κ3) is 2.18. The number of aromatic nitrogens is 2. The van der Waals surface area contributed by atoms with Gasteiger partial charge < -0.3 is 0 Å². The normalized spacial score (nSPS) is 13.1. The summed E-state index contributed by atoms with van der Waals surface area (Å²) in [5.41, 5.74) is 1.04. The number of nitrogens with zero attached hydrogens (tertiary/aromatic N) is 1. The van der Waals surface area contributed by atoms with Gasteiger partial charge in [-0.05, 0) is 0 Å². The van der Waals surface area contributed by atoms with Gasteiger partial charge in [0.25, 0.3) is 0 Å². The van der Waals surface area contributed by atoms with Gasteiger partial charge >= 0.3 is 148 Å². The van der Waals surface area contributed by atoms with Crippen LogP contribution in [0.3, 0.4) is 0 Å². The molecule has 0 saturated heterocycles. The number of hydrogen-bond acceptors (Lipinski definition) is 1. The van der Waals surface area contributed by atoms with Gasteiger partial charge in [0, 0.05) is 0 Å². The molecule has 0 unspecified atom stereocenters. The summed E-state index contributed by atoms with van der Waals surface area (Å²) >= 11 is 0. The van der Waals surface area contributed by atoms with Crippen LogP contribution in [0.1, 0.15) is 0 Å². The molecule has 0 aliphatic carbocycles. The number of H-pyrrole nitrogens is 1. The van der Waals surface area contributed by atoms with Crippen molar-refractivity contribution in [2.24, 2.45) is 0 Å². The van der Waals surface area contributed by atoms with Crippen LogP contribution in [0.15, 0.2) is 103 Å². The van der Waals surface area contributed by atoms with Gasteiger partial charge in [0.1, 0.15) is 0 Å². The monoisotopic (exact) mass is 344 g/mol. The molecule has 0 aliphatic heterocycles. The quantitative estimate of drug-likeness (QED) is 0.566. The standard InChI is InChI=1S/C22H21N2P/c1-25(22-23-17-18-24-22,19-11-5-2-6-12-19,20-13-7-3-8-14-20)21-15-9-4-10-16-21/h2-18H,1H3,(H,23,24). The molecule has 1 heterocycles. The fourth-order valence-electron chi connectivity index (χ4n) is 3.78. The van der Waals surface area contributed by atoms with Gasteiger partial charge in [-0.2, -0.15) is 0 Å². The predicted octanol–water partition coefficient (Wildman–Crippen LogP) is 3.19. The molecule has 0 saturated carbocycles. The van der Waals surface area contributed by atoms with Crippen molar-refractivity contribution in [3.05, 3.63) is 103 Å². The topological polar surface area (TPSA) is 28.7 Å². The van der Waals surface area contributed by atoms with Crippen LogP contribution in [0.4, 0.5) is 0 Å². The zero-order chi connectivity index (χ0) is 17.2. The fraction of sp³-hybridized carbons (Fsp3) is 0.0455. The van der Waals surface area contributed by atoms with E-state index in [1.165, 1.54) is 15.9 Å². The van der Waals surface area contributed by atoms with Gasteiger partial charge in [-0.3, -0.25) is 0 Å². The van der Waals surface area contributed by atoms with Crippen molar-refractivity contribution in [2.45, 2.75) is 0 Å². The van der Waals surface area contributed by atoms with Gasteiger partial charge in [0.15, 0.2) is 0 Å². The minimum atomic E-state index is -2.93. The molecule has 0 amide bonds. The second-order valence-corrected chi connectivity index (χ2v) is 11.6. The van der Waals surface area contributed by atoms with E-state index in [4.69, 9.17) is 4.98 Å². The summed E-state index contributed by atoms with van der Waals surface area (Å²) in [5, 5.41) is 3.92. The molecule has 3 heteroatoms. The van der Waals surface area contributed by atoms with Gasteiger partial charge in [-0.25, -0.2) is 0 Å². The van der Waals surface area contributed by atoms with Crippen molar-refractivity contribution in [3.8, 4) is 0 Å². The molecule has 1 N–H and O–H groups in total. The van der Waals surface area contributed by atoms with E-state index in [0.717, 1.165) is 5.57 Å². The molecule has 4 aromatic rings. The van der Waals surface area contributed by atoms with Crippen molar-refractivity contribution >= 4 is 28.1 Å². The van der Waals surface area contributed by atoms with Gasteiger partial charge in [-0.15, -0.1) is 0 Å². The first-order valence-corrected chi connectivity index (χ1v) is 11.1. The van der Waals surface area contributed by atoms with E-state index in [2.05, 4.69) is 103 Å². The number of aromatic amines is 1. The van der Waals surface area contributed by atoms with E-state index >= 15 is 0 Å². The van der Waals surface area contributed by atoms with Crippen molar-refractivity contribution in [1.29, 1.82) is 0 Å². The molecule has 3 aromatic carbocycles. The second kappa shape index (κ2) is 5.98. The van der Waals surface area contributed by atoms with Crippen LogP contribution in [-0.4, -0.2) is 16.6 Å². The van der Waals surface area contributed by atoms with E-state index in [9.17, 15) is 0 Å². The molecular weight excluding hydrogens is 323 g/mol. The molecule has 25 heavy (non-hydrogen) atoms. The summed E-state index contributed by atoms with van der Waals surface area (Å²) in [4.78, 5) is 8.25. The first-order chi connectivity index (χ1) is 12.2. The SMILES string of the molecule is CP(c1ccccc1)(c1ccccc1)(c1ccccc1)c1ncc[nH]1. The summed E-state index contributed by atoms with van der Waals surface area (Å²) in [6.07, 6.45) is 3.78. The Morgan fingerprint density at radius 3 is 1.36 bits per heavy atom. The molecule has 0 atom stereocenters. The summed E-state index contributed by atoms with van der Waals surface area (Å²) < 4.78 is 0. The zero-order valence-corrected chi connectivity index (χ0v) is 15.1. The first kappa shape index (κ1) is 15.8. The number of rotatable bonds is 4. The Morgan fingerprint density at radius 1 is 0.640 bits per heavy atom. The third-order valence-electron chi connectivity index (χ3n) is 5.22. The average Bonchev–Trinajstić information content (AvgIpc) is 3.25. The van der Waals surface area contributed by atoms with Crippen LogP contribution in [0.25, 0.3) is 0 Å². The van der Waals surface area contributed by atoms with Gasteiger partial charge in [0.2, 0.25) is 0 Å². The first-order valence-electron chi connectivity index (χ1n) is 8.43. The van der Waals surface area contributed by atoms with E-state index < -0.39 is 6.60 Å². The Balaban J connectivity index is 2.22. The van der Waals surface area contributed by atoms with E-state index in [-0.39, 0.29) is 0 Å². The van der Waals surface area contributed by atoms with Crippen molar-refractivity contribution in [3.63, 3.8) is 0 Å². The molecule has 0 bridgehead atoms. The van der Waals surface area contributed by atoms with E-state index in [0.29, 0.717) is 0 Å². The predicted molar refractivity (Wildman–Crippen MR) is 109 cm³/mol. The number of benzene rings is 3. The minimum absolute atomic E-state index is 1.04. The van der Waals surface area contributed by atoms with Crippen LogP contribution in [0.5, 0.6) is 0 Å². The molecule has 0 spiro atoms. The zero-order valence-electron chi connectivity index (χ0n) is 14.2. The third-order valence-corrected chi connectivity index (χ3v) is 11.3. The molecule has 4 rings (SSSR count). The van der Waals surface area contributed by atoms with Crippen LogP contribution in [-0.2, 0) is 0 Å². The molecule has 124 valence electrons.